The summed E-state index contributed by atoms with van der Waals surface area (Å²) in [6.07, 6.45) is -0.653. The van der Waals surface area contributed by atoms with Crippen LogP contribution in [-0.2, 0) is 19.6 Å². The van der Waals surface area contributed by atoms with Gasteiger partial charge in [-0.15, -0.1) is 0 Å². The Balaban J connectivity index is 3.18. The van der Waals surface area contributed by atoms with Crippen molar-refractivity contribution in [3.8, 4) is 0 Å². The maximum absolute atomic E-state index is 5.13. The number of hydrogen-bond acceptors (Lipinski definition) is 5. The van der Waals surface area contributed by atoms with Crippen LogP contribution in [0.5, 0.6) is 0 Å². The average molecular weight is 137 g/mol. The third kappa shape index (κ3) is 4.31. The van der Waals surface area contributed by atoms with Gasteiger partial charge in [-0.1, -0.05) is 0 Å². The van der Waals surface area contributed by atoms with Crippen LogP contribution in [-0.4, -0.2) is 27.1 Å². The molecule has 0 aromatic carbocycles. The molecule has 0 aromatic rings. The van der Waals surface area contributed by atoms with Crippen LogP contribution in [0.1, 0.15) is 0 Å². The first-order valence-electron chi connectivity index (χ1n) is 2.44. The second-order valence-corrected chi connectivity index (χ2v) is 1.19. The van der Waals surface area contributed by atoms with Gasteiger partial charge in [0.1, 0.15) is 0 Å². The Hall–Kier alpha value is -0.200. The summed E-state index contributed by atoms with van der Waals surface area (Å²) in [4.78, 5) is 17.4. The van der Waals surface area contributed by atoms with Crippen LogP contribution >= 0.6 is 0 Å². The van der Waals surface area contributed by atoms with Gasteiger partial charge in [0.25, 0.3) is 0 Å². The zero-order chi connectivity index (χ0) is 7.11. The molecule has 2 N–H and O–H groups in total. The largest absolute Gasteiger partial charge is 0.326 e. The molecule has 0 aromatic heterocycles. The maximum atomic E-state index is 5.13. The molecule has 0 saturated heterocycles. The second-order valence-electron chi connectivity index (χ2n) is 1.19. The van der Waals surface area contributed by atoms with E-state index in [1.54, 1.807) is 0 Å². The van der Waals surface area contributed by atoms with Crippen molar-refractivity contribution in [3.63, 3.8) is 0 Å². The van der Waals surface area contributed by atoms with E-state index < -0.39 is 6.29 Å². The number of rotatable bonds is 5. The predicted octanol–water partition coefficient (Wildman–Crippen LogP) is -0.573. The van der Waals surface area contributed by atoms with Gasteiger partial charge >= 0.3 is 0 Å². The molecule has 0 fully saturated rings. The molecule has 9 heavy (non-hydrogen) atoms. The van der Waals surface area contributed by atoms with Gasteiger partial charge in [-0.25, -0.2) is 19.6 Å². The topological polar surface area (TPSA) is 62.9 Å². The smallest absolute Gasteiger partial charge is 0.236 e. The Morgan fingerprint density at radius 3 is 1.89 bits per heavy atom. The molecular formula is C4H11NO4. The molecule has 0 aliphatic rings. The van der Waals surface area contributed by atoms with Crippen molar-refractivity contribution in [2.45, 2.75) is 6.29 Å². The quantitative estimate of drug-likeness (QED) is 0.312. The van der Waals surface area contributed by atoms with Crippen LogP contribution in [0.3, 0.4) is 0 Å². The van der Waals surface area contributed by atoms with Crippen LogP contribution in [0.25, 0.3) is 0 Å². The van der Waals surface area contributed by atoms with Gasteiger partial charge in [0.2, 0.25) is 6.29 Å². The lowest BCUT2D eigenvalue weighted by Gasteiger charge is -2.09. The summed E-state index contributed by atoms with van der Waals surface area (Å²) >= 11 is 0. The van der Waals surface area contributed by atoms with E-state index in [9.17, 15) is 0 Å². The minimum Gasteiger partial charge on any atom is -0.326 e. The van der Waals surface area contributed by atoms with Gasteiger partial charge in [0.15, 0.2) is 0 Å². The summed E-state index contributed by atoms with van der Waals surface area (Å²) in [7, 11) is 2.73. The molecule has 0 saturated carbocycles. The number of nitrogens with two attached hydrogens (primary N) is 1. The molecule has 56 valence electrons. The molecule has 0 radical (unpaired) electrons. The summed E-state index contributed by atoms with van der Waals surface area (Å²) in [5.41, 5.74) is 5.13. The minimum atomic E-state index is -0.653. The fourth-order valence-corrected chi connectivity index (χ4v) is 0.309. The third-order valence-corrected chi connectivity index (χ3v) is 0.600. The minimum absolute atomic E-state index is 0.182. The SMILES string of the molecule is COOC(CN)OOC. The van der Waals surface area contributed by atoms with Crippen molar-refractivity contribution in [1.29, 1.82) is 0 Å². The van der Waals surface area contributed by atoms with E-state index in [4.69, 9.17) is 5.73 Å². The van der Waals surface area contributed by atoms with E-state index in [-0.39, 0.29) is 6.54 Å². The summed E-state index contributed by atoms with van der Waals surface area (Å²) in [6.45, 7) is 0.182. The van der Waals surface area contributed by atoms with E-state index in [1.165, 1.54) is 14.2 Å². The molecular weight excluding hydrogens is 126 g/mol. The summed E-state index contributed by atoms with van der Waals surface area (Å²) in [5, 5.41) is 0. The molecule has 0 heterocycles. The van der Waals surface area contributed by atoms with Crippen molar-refractivity contribution >= 4 is 0 Å². The first-order valence-corrected chi connectivity index (χ1v) is 2.44. The first-order chi connectivity index (χ1) is 4.35. The summed E-state index contributed by atoms with van der Waals surface area (Å²) < 4.78 is 0. The fraction of sp³-hybridized carbons (Fsp3) is 1.00. The van der Waals surface area contributed by atoms with Crippen LogP contribution in [0.4, 0.5) is 0 Å². The first kappa shape index (κ1) is 8.80. The third-order valence-electron chi connectivity index (χ3n) is 0.600. The molecule has 0 bridgehead atoms. The lowest BCUT2D eigenvalue weighted by molar-refractivity contribution is -0.444. The van der Waals surface area contributed by atoms with Gasteiger partial charge in [-0.3, -0.25) is 0 Å². The maximum Gasteiger partial charge on any atom is 0.236 e. The summed E-state index contributed by atoms with van der Waals surface area (Å²) in [5.74, 6) is 0. The molecule has 0 spiro atoms. The Labute approximate surface area is 53.5 Å². The molecule has 5 nitrogen and oxygen atoms in total. The van der Waals surface area contributed by atoms with Gasteiger partial charge in [-0.05, 0) is 0 Å². The lowest BCUT2D eigenvalue weighted by atomic mass is 10.7. The highest BCUT2D eigenvalue weighted by Crippen LogP contribution is 1.91. The van der Waals surface area contributed by atoms with Crippen LogP contribution in [0.15, 0.2) is 0 Å². The van der Waals surface area contributed by atoms with Crippen molar-refractivity contribution in [1.82, 2.24) is 0 Å². The lowest BCUT2D eigenvalue weighted by Crippen LogP contribution is -2.26. The van der Waals surface area contributed by atoms with Crippen molar-refractivity contribution in [2.24, 2.45) is 5.73 Å². The molecule has 0 aliphatic heterocycles. The zero-order valence-corrected chi connectivity index (χ0v) is 5.49. The van der Waals surface area contributed by atoms with Gasteiger partial charge in [0.05, 0.1) is 20.8 Å². The van der Waals surface area contributed by atoms with E-state index in [0.29, 0.717) is 0 Å². The van der Waals surface area contributed by atoms with E-state index in [0.717, 1.165) is 0 Å². The molecule has 0 aliphatic carbocycles. The molecule has 0 unspecified atom stereocenters. The average Bonchev–Trinajstić information content (AvgIpc) is 1.88. The Kier molecular flexibility index (Phi) is 5.80. The second kappa shape index (κ2) is 5.93. The monoisotopic (exact) mass is 137 g/mol. The highest BCUT2D eigenvalue weighted by molar-refractivity contribution is 4.34. The van der Waals surface area contributed by atoms with E-state index in [1.807, 2.05) is 0 Å². The molecule has 0 amide bonds. The van der Waals surface area contributed by atoms with Crippen LogP contribution < -0.4 is 5.73 Å². The summed E-state index contributed by atoms with van der Waals surface area (Å²) in [6, 6.07) is 0. The van der Waals surface area contributed by atoms with Crippen molar-refractivity contribution in [2.75, 3.05) is 20.8 Å². The molecule has 0 atom stereocenters. The van der Waals surface area contributed by atoms with Crippen LogP contribution in [0.2, 0.25) is 0 Å². The van der Waals surface area contributed by atoms with Gasteiger partial charge in [-0.2, -0.15) is 0 Å². The van der Waals surface area contributed by atoms with Crippen LogP contribution in [0, 0.1) is 0 Å². The highest BCUT2D eigenvalue weighted by atomic mass is 17.3. The van der Waals surface area contributed by atoms with Crippen molar-refractivity contribution < 1.29 is 19.6 Å². The van der Waals surface area contributed by atoms with Gasteiger partial charge in [0, 0.05) is 0 Å². The highest BCUT2D eigenvalue weighted by Gasteiger charge is 2.06. The Morgan fingerprint density at radius 1 is 1.22 bits per heavy atom. The molecule has 0 rings (SSSR count). The predicted molar refractivity (Wildman–Crippen MR) is 29.0 cm³/mol. The van der Waals surface area contributed by atoms with E-state index >= 15 is 0 Å². The zero-order valence-electron chi connectivity index (χ0n) is 5.49. The van der Waals surface area contributed by atoms with Gasteiger partial charge < -0.3 is 5.73 Å². The number of hydrogen-bond donors (Lipinski definition) is 1. The van der Waals surface area contributed by atoms with E-state index in [2.05, 4.69) is 19.6 Å². The normalized spacial score (nSPS) is 10.7. The standard InChI is InChI=1S/C4H11NO4/c1-6-8-4(3-5)9-7-2/h4H,3,5H2,1-2H3. The Morgan fingerprint density at radius 2 is 1.67 bits per heavy atom. The van der Waals surface area contributed by atoms with Crippen molar-refractivity contribution in [3.05, 3.63) is 0 Å². The Bertz CT molecular complexity index is 54.5. The molecule has 5 heteroatoms. The fourth-order valence-electron chi connectivity index (χ4n) is 0.309.